The summed E-state index contributed by atoms with van der Waals surface area (Å²) >= 11 is 3.08. The fraction of sp³-hybridized carbons (Fsp3) is 0.100. The van der Waals surface area contributed by atoms with Gasteiger partial charge in [-0.2, -0.15) is 5.26 Å². The highest BCUT2D eigenvalue weighted by molar-refractivity contribution is 9.10. The van der Waals surface area contributed by atoms with Crippen LogP contribution in [0.5, 0.6) is 5.75 Å². The highest BCUT2D eigenvalue weighted by atomic mass is 79.9. The number of benzene rings is 1. The van der Waals surface area contributed by atoms with E-state index < -0.39 is 6.36 Å². The van der Waals surface area contributed by atoms with E-state index in [4.69, 9.17) is 5.26 Å². The Bertz CT molecular complexity index is 448. The molecule has 1 rings (SSSR count). The molecule has 6 heteroatoms. The average Bonchev–Trinajstić information content (AvgIpc) is 2.14. The Morgan fingerprint density at radius 2 is 2.06 bits per heavy atom. The monoisotopic (exact) mass is 291 g/mol. The normalized spacial score (nSPS) is 11.4. The molecule has 1 aromatic rings. The molecule has 0 radical (unpaired) electrons. The number of hydrogen-bond donors (Lipinski definition) is 0. The molecule has 84 valence electrons. The molecule has 0 aliphatic rings. The van der Waals surface area contributed by atoms with Crippen molar-refractivity contribution in [1.29, 1.82) is 5.26 Å². The molecule has 0 spiro atoms. The van der Waals surface area contributed by atoms with E-state index >= 15 is 0 Å². The summed E-state index contributed by atoms with van der Waals surface area (Å²) in [6.45, 7) is 0. The van der Waals surface area contributed by atoms with Crippen molar-refractivity contribution in [3.63, 3.8) is 0 Å². The van der Waals surface area contributed by atoms with Crippen molar-refractivity contribution in [3.05, 3.63) is 34.3 Å². The van der Waals surface area contributed by atoms with E-state index in [1.165, 1.54) is 30.4 Å². The molecule has 0 N–H and O–H groups in total. The molecule has 16 heavy (non-hydrogen) atoms. The zero-order valence-corrected chi connectivity index (χ0v) is 9.34. The Balaban J connectivity index is 2.92. The number of rotatable bonds is 2. The quantitative estimate of drug-likeness (QED) is 0.775. The first kappa shape index (κ1) is 12.6. The summed E-state index contributed by atoms with van der Waals surface area (Å²) < 4.78 is 39.8. The molecule has 0 atom stereocenters. The molecule has 0 aliphatic carbocycles. The van der Waals surface area contributed by atoms with Gasteiger partial charge >= 0.3 is 6.36 Å². The van der Waals surface area contributed by atoms with Gasteiger partial charge in [-0.1, -0.05) is 22.0 Å². The third-order valence-corrected chi connectivity index (χ3v) is 2.23. The summed E-state index contributed by atoms with van der Waals surface area (Å²) in [4.78, 5) is 0. The van der Waals surface area contributed by atoms with E-state index in [2.05, 4.69) is 20.7 Å². The van der Waals surface area contributed by atoms with Crippen LogP contribution in [0.1, 0.15) is 5.56 Å². The van der Waals surface area contributed by atoms with Gasteiger partial charge in [-0.15, -0.1) is 13.2 Å². The SMILES string of the molecule is N#CC=Cc1ccc(OC(F)(F)F)cc1Br. The summed E-state index contributed by atoms with van der Waals surface area (Å²) in [6, 6.07) is 5.56. The van der Waals surface area contributed by atoms with Crippen LogP contribution in [0.15, 0.2) is 28.7 Å². The smallest absolute Gasteiger partial charge is 0.406 e. The first-order chi connectivity index (χ1) is 7.42. The second-order valence-corrected chi connectivity index (χ2v) is 3.55. The van der Waals surface area contributed by atoms with E-state index in [0.29, 0.717) is 10.0 Å². The Morgan fingerprint density at radius 1 is 1.38 bits per heavy atom. The maximum absolute atomic E-state index is 11.9. The van der Waals surface area contributed by atoms with Crippen LogP contribution in [0.3, 0.4) is 0 Å². The topological polar surface area (TPSA) is 33.0 Å². The van der Waals surface area contributed by atoms with Gasteiger partial charge in [0.25, 0.3) is 0 Å². The Labute approximate surface area is 98.1 Å². The second kappa shape index (κ2) is 5.03. The molecule has 0 saturated carbocycles. The van der Waals surface area contributed by atoms with Gasteiger partial charge in [0.15, 0.2) is 0 Å². The van der Waals surface area contributed by atoms with Gasteiger partial charge in [0, 0.05) is 10.5 Å². The third-order valence-electron chi connectivity index (χ3n) is 1.54. The number of nitrogens with zero attached hydrogens (tertiary/aromatic N) is 1. The number of ether oxygens (including phenoxy) is 1. The molecule has 2 nitrogen and oxygen atoms in total. The zero-order valence-electron chi connectivity index (χ0n) is 7.75. The molecule has 0 aromatic heterocycles. The van der Waals surface area contributed by atoms with Crippen molar-refractivity contribution in [2.24, 2.45) is 0 Å². The van der Waals surface area contributed by atoms with Gasteiger partial charge in [-0.05, 0) is 23.8 Å². The summed E-state index contributed by atoms with van der Waals surface area (Å²) in [7, 11) is 0. The van der Waals surface area contributed by atoms with Crippen LogP contribution >= 0.6 is 15.9 Å². The van der Waals surface area contributed by atoms with Crippen molar-refractivity contribution in [1.82, 2.24) is 0 Å². The molecule has 0 saturated heterocycles. The summed E-state index contributed by atoms with van der Waals surface area (Å²) in [6.07, 6.45) is -2.00. The van der Waals surface area contributed by atoms with Crippen LogP contribution in [-0.2, 0) is 0 Å². The molecular weight excluding hydrogens is 287 g/mol. The maximum atomic E-state index is 11.9. The fourth-order valence-corrected chi connectivity index (χ4v) is 1.46. The van der Waals surface area contributed by atoms with Crippen molar-refractivity contribution < 1.29 is 17.9 Å². The predicted molar refractivity (Wildman–Crippen MR) is 55.5 cm³/mol. The summed E-state index contributed by atoms with van der Waals surface area (Å²) in [5, 5.41) is 8.30. The van der Waals surface area contributed by atoms with Crippen LogP contribution in [0, 0.1) is 11.3 Å². The van der Waals surface area contributed by atoms with E-state index in [0.717, 1.165) is 0 Å². The van der Waals surface area contributed by atoms with Gasteiger partial charge < -0.3 is 4.74 Å². The van der Waals surface area contributed by atoms with Crippen LogP contribution < -0.4 is 4.74 Å². The minimum Gasteiger partial charge on any atom is -0.406 e. The van der Waals surface area contributed by atoms with Crippen molar-refractivity contribution in [3.8, 4) is 11.8 Å². The summed E-state index contributed by atoms with van der Waals surface area (Å²) in [5.74, 6) is -0.312. The third kappa shape index (κ3) is 3.95. The lowest BCUT2D eigenvalue weighted by molar-refractivity contribution is -0.274. The zero-order chi connectivity index (χ0) is 12.2. The van der Waals surface area contributed by atoms with Gasteiger partial charge in [-0.3, -0.25) is 0 Å². The van der Waals surface area contributed by atoms with E-state index in [1.807, 2.05) is 0 Å². The van der Waals surface area contributed by atoms with Gasteiger partial charge in [0.2, 0.25) is 0 Å². The molecule has 0 aliphatic heterocycles. The van der Waals surface area contributed by atoms with Crippen molar-refractivity contribution in [2.45, 2.75) is 6.36 Å². The van der Waals surface area contributed by atoms with E-state index in [1.54, 1.807) is 6.07 Å². The van der Waals surface area contributed by atoms with Crippen molar-refractivity contribution >= 4 is 22.0 Å². The van der Waals surface area contributed by atoms with Gasteiger partial charge in [0.05, 0.1) is 6.07 Å². The largest absolute Gasteiger partial charge is 0.573 e. The van der Waals surface area contributed by atoms with Crippen LogP contribution in [0.4, 0.5) is 13.2 Å². The lowest BCUT2D eigenvalue weighted by Gasteiger charge is -2.09. The number of nitriles is 1. The highest BCUT2D eigenvalue weighted by Gasteiger charge is 2.31. The predicted octanol–water partition coefficient (Wildman–Crippen LogP) is 3.88. The second-order valence-electron chi connectivity index (χ2n) is 2.69. The molecule has 0 fully saturated rings. The number of alkyl halides is 3. The number of allylic oxidation sites excluding steroid dienone is 1. The molecule has 0 amide bonds. The molecule has 0 bridgehead atoms. The Kier molecular flexibility index (Phi) is 3.96. The van der Waals surface area contributed by atoms with E-state index in [-0.39, 0.29) is 5.75 Å². The lowest BCUT2D eigenvalue weighted by atomic mass is 10.2. The van der Waals surface area contributed by atoms with Gasteiger partial charge in [0.1, 0.15) is 5.75 Å². The summed E-state index contributed by atoms with van der Waals surface area (Å²) in [5.41, 5.74) is 0.594. The molecular formula is C10H5BrF3NO. The average molecular weight is 292 g/mol. The molecule has 0 heterocycles. The molecule has 1 aromatic carbocycles. The Morgan fingerprint density at radius 3 is 2.56 bits per heavy atom. The van der Waals surface area contributed by atoms with Crippen LogP contribution in [-0.4, -0.2) is 6.36 Å². The maximum Gasteiger partial charge on any atom is 0.573 e. The van der Waals surface area contributed by atoms with E-state index in [9.17, 15) is 13.2 Å². The fourth-order valence-electron chi connectivity index (χ4n) is 0.967. The lowest BCUT2D eigenvalue weighted by Crippen LogP contribution is -2.17. The standard InChI is InChI=1S/C10H5BrF3NO/c11-9-6-8(16-10(12,13)14)4-3-7(9)2-1-5-15/h1-4,6H. The minimum absolute atomic E-state index is 0.312. The minimum atomic E-state index is -4.70. The van der Waals surface area contributed by atoms with Gasteiger partial charge in [-0.25, -0.2) is 0 Å². The first-order valence-electron chi connectivity index (χ1n) is 4.04. The van der Waals surface area contributed by atoms with Crippen LogP contribution in [0.25, 0.3) is 6.08 Å². The number of halogens is 4. The van der Waals surface area contributed by atoms with Crippen molar-refractivity contribution in [2.75, 3.05) is 0 Å². The van der Waals surface area contributed by atoms with Crippen LogP contribution in [0.2, 0.25) is 0 Å². The number of hydrogen-bond acceptors (Lipinski definition) is 2. The highest BCUT2D eigenvalue weighted by Crippen LogP contribution is 2.28. The first-order valence-corrected chi connectivity index (χ1v) is 4.83. The molecule has 0 unspecified atom stereocenters. The Hall–Kier alpha value is -1.48.